The fourth-order valence-corrected chi connectivity index (χ4v) is 2.66. The molecule has 4 amide bonds. The first-order chi connectivity index (χ1) is 13.2. The van der Waals surface area contributed by atoms with Gasteiger partial charge in [0.2, 0.25) is 5.91 Å². The van der Waals surface area contributed by atoms with E-state index in [-0.39, 0.29) is 22.7 Å². The number of imide groups is 1. The summed E-state index contributed by atoms with van der Waals surface area (Å²) >= 11 is 0. The van der Waals surface area contributed by atoms with Crippen LogP contribution in [0.15, 0.2) is 18.2 Å². The standard InChI is InChI=1S/C18H21N3O7/c1-9(2)14-15(23)21(18(26)20-14)8-13(22)19-12-6-10(16(24)27-3)5-11(7-12)17(25)28-4/h5-7,9,14H,8H2,1-4H3,(H,19,22)(H,20,26). The molecular weight excluding hydrogens is 370 g/mol. The molecule has 2 N–H and O–H groups in total. The van der Waals surface area contributed by atoms with Gasteiger partial charge >= 0.3 is 18.0 Å². The van der Waals surface area contributed by atoms with Gasteiger partial charge in [0.05, 0.1) is 25.3 Å². The average Bonchev–Trinajstić information content (AvgIpc) is 2.94. The third-order valence-corrected chi connectivity index (χ3v) is 4.08. The van der Waals surface area contributed by atoms with Crippen molar-refractivity contribution in [3.8, 4) is 0 Å². The van der Waals surface area contributed by atoms with E-state index in [1.165, 1.54) is 32.4 Å². The number of anilines is 1. The molecule has 1 atom stereocenters. The van der Waals surface area contributed by atoms with Crippen LogP contribution in [0.2, 0.25) is 0 Å². The second kappa shape index (κ2) is 8.51. The lowest BCUT2D eigenvalue weighted by atomic mass is 10.1. The van der Waals surface area contributed by atoms with Gasteiger partial charge in [0, 0.05) is 5.69 Å². The van der Waals surface area contributed by atoms with Crippen molar-refractivity contribution in [2.24, 2.45) is 5.92 Å². The van der Waals surface area contributed by atoms with E-state index in [1.807, 2.05) is 0 Å². The number of carbonyl (C=O) groups is 5. The Balaban J connectivity index is 2.19. The molecule has 0 aliphatic carbocycles. The SMILES string of the molecule is COC(=O)c1cc(NC(=O)CN2C(=O)NC(C(C)C)C2=O)cc(C(=O)OC)c1. The Morgan fingerprint density at radius 2 is 1.61 bits per heavy atom. The highest BCUT2D eigenvalue weighted by molar-refractivity contribution is 6.08. The lowest BCUT2D eigenvalue weighted by Crippen LogP contribution is -2.39. The summed E-state index contributed by atoms with van der Waals surface area (Å²) in [6.07, 6.45) is 0. The highest BCUT2D eigenvalue weighted by atomic mass is 16.5. The van der Waals surface area contributed by atoms with Gasteiger partial charge in [-0.2, -0.15) is 0 Å². The van der Waals surface area contributed by atoms with Crippen molar-refractivity contribution in [3.63, 3.8) is 0 Å². The molecule has 1 saturated heterocycles. The Morgan fingerprint density at radius 3 is 2.04 bits per heavy atom. The van der Waals surface area contributed by atoms with Gasteiger partial charge in [0.15, 0.2) is 0 Å². The van der Waals surface area contributed by atoms with Crippen LogP contribution in [0, 0.1) is 5.92 Å². The zero-order valence-corrected chi connectivity index (χ0v) is 15.9. The summed E-state index contributed by atoms with van der Waals surface area (Å²) in [5.41, 5.74) is 0.159. The minimum absolute atomic E-state index is 0.0237. The lowest BCUT2D eigenvalue weighted by Gasteiger charge is -2.15. The molecule has 1 unspecified atom stereocenters. The number of rotatable bonds is 6. The van der Waals surface area contributed by atoms with Crippen molar-refractivity contribution in [2.45, 2.75) is 19.9 Å². The minimum Gasteiger partial charge on any atom is -0.465 e. The van der Waals surface area contributed by atoms with Crippen molar-refractivity contribution in [2.75, 3.05) is 26.1 Å². The Bertz CT molecular complexity index is 800. The van der Waals surface area contributed by atoms with E-state index in [0.717, 1.165) is 4.90 Å². The summed E-state index contributed by atoms with van der Waals surface area (Å²) < 4.78 is 9.25. The molecule has 1 fully saturated rings. The molecule has 28 heavy (non-hydrogen) atoms. The second-order valence-corrected chi connectivity index (χ2v) is 6.43. The molecule has 1 heterocycles. The van der Waals surface area contributed by atoms with Crippen LogP contribution in [0.5, 0.6) is 0 Å². The molecule has 0 aromatic heterocycles. The fraction of sp³-hybridized carbons (Fsp3) is 0.389. The molecular formula is C18H21N3O7. The van der Waals surface area contributed by atoms with E-state index in [4.69, 9.17) is 0 Å². The zero-order chi connectivity index (χ0) is 21.0. The van der Waals surface area contributed by atoms with Crippen molar-refractivity contribution in [1.82, 2.24) is 10.2 Å². The van der Waals surface area contributed by atoms with Gasteiger partial charge < -0.3 is 20.1 Å². The van der Waals surface area contributed by atoms with Gasteiger partial charge in [-0.3, -0.25) is 14.5 Å². The van der Waals surface area contributed by atoms with Crippen molar-refractivity contribution in [1.29, 1.82) is 0 Å². The van der Waals surface area contributed by atoms with Crippen LogP contribution in [-0.2, 0) is 19.1 Å². The quantitative estimate of drug-likeness (QED) is 0.541. The van der Waals surface area contributed by atoms with Gasteiger partial charge in [-0.05, 0) is 24.1 Å². The van der Waals surface area contributed by atoms with Crippen LogP contribution in [0.4, 0.5) is 10.5 Å². The van der Waals surface area contributed by atoms with E-state index in [1.54, 1.807) is 13.8 Å². The monoisotopic (exact) mass is 391 g/mol. The molecule has 1 aliphatic rings. The molecule has 0 radical (unpaired) electrons. The van der Waals surface area contributed by atoms with E-state index in [0.29, 0.717) is 0 Å². The molecule has 150 valence electrons. The van der Waals surface area contributed by atoms with Crippen LogP contribution in [0.1, 0.15) is 34.6 Å². The first-order valence-corrected chi connectivity index (χ1v) is 8.41. The lowest BCUT2D eigenvalue weighted by molar-refractivity contribution is -0.131. The summed E-state index contributed by atoms with van der Waals surface area (Å²) in [6.45, 7) is 3.04. The summed E-state index contributed by atoms with van der Waals surface area (Å²) in [4.78, 5) is 60.9. The molecule has 0 bridgehead atoms. The summed E-state index contributed by atoms with van der Waals surface area (Å²) in [5.74, 6) is -2.71. The number of urea groups is 1. The molecule has 10 heteroatoms. The fourth-order valence-electron chi connectivity index (χ4n) is 2.66. The van der Waals surface area contributed by atoms with Crippen LogP contribution >= 0.6 is 0 Å². The molecule has 1 aliphatic heterocycles. The topological polar surface area (TPSA) is 131 Å². The maximum absolute atomic E-state index is 12.3. The molecule has 1 aromatic rings. The van der Waals surface area contributed by atoms with Gasteiger partial charge in [-0.1, -0.05) is 13.8 Å². The number of ether oxygens (including phenoxy) is 2. The number of methoxy groups -OCH3 is 2. The summed E-state index contributed by atoms with van der Waals surface area (Å²) in [5, 5.41) is 4.99. The predicted octanol–water partition coefficient (Wildman–Crippen LogP) is 0.775. The van der Waals surface area contributed by atoms with Gasteiger partial charge in [-0.25, -0.2) is 14.4 Å². The first kappa shape index (κ1) is 20.9. The Morgan fingerprint density at radius 1 is 1.07 bits per heavy atom. The number of nitrogens with zero attached hydrogens (tertiary/aromatic N) is 1. The summed E-state index contributed by atoms with van der Waals surface area (Å²) in [7, 11) is 2.35. The van der Waals surface area contributed by atoms with Gasteiger partial charge in [0.25, 0.3) is 5.91 Å². The Kier molecular flexibility index (Phi) is 6.34. The maximum Gasteiger partial charge on any atom is 0.337 e. The number of amides is 4. The van der Waals surface area contributed by atoms with E-state index >= 15 is 0 Å². The molecule has 0 saturated carbocycles. The largest absolute Gasteiger partial charge is 0.465 e. The summed E-state index contributed by atoms with van der Waals surface area (Å²) in [6, 6.07) is 2.53. The third-order valence-electron chi connectivity index (χ3n) is 4.08. The van der Waals surface area contributed by atoms with Crippen LogP contribution in [0.3, 0.4) is 0 Å². The van der Waals surface area contributed by atoms with E-state index in [9.17, 15) is 24.0 Å². The molecule has 2 rings (SSSR count). The number of carbonyl (C=O) groups excluding carboxylic acids is 5. The molecule has 10 nitrogen and oxygen atoms in total. The highest BCUT2D eigenvalue weighted by Crippen LogP contribution is 2.18. The van der Waals surface area contributed by atoms with Crippen LogP contribution < -0.4 is 10.6 Å². The van der Waals surface area contributed by atoms with E-state index in [2.05, 4.69) is 20.1 Å². The number of benzene rings is 1. The number of esters is 2. The smallest absolute Gasteiger partial charge is 0.337 e. The molecule has 0 spiro atoms. The zero-order valence-electron chi connectivity index (χ0n) is 15.9. The second-order valence-electron chi connectivity index (χ2n) is 6.43. The van der Waals surface area contributed by atoms with Crippen LogP contribution in [0.25, 0.3) is 0 Å². The average molecular weight is 391 g/mol. The van der Waals surface area contributed by atoms with Gasteiger partial charge in [0.1, 0.15) is 12.6 Å². The van der Waals surface area contributed by atoms with E-state index < -0.39 is 42.4 Å². The third kappa shape index (κ3) is 4.45. The maximum atomic E-state index is 12.3. The molecule has 1 aromatic carbocycles. The predicted molar refractivity (Wildman–Crippen MR) is 96.6 cm³/mol. The van der Waals surface area contributed by atoms with Crippen molar-refractivity contribution >= 4 is 35.5 Å². The normalized spacial score (nSPS) is 16.0. The van der Waals surface area contributed by atoms with Crippen molar-refractivity contribution in [3.05, 3.63) is 29.3 Å². The first-order valence-electron chi connectivity index (χ1n) is 8.41. The van der Waals surface area contributed by atoms with Gasteiger partial charge in [-0.15, -0.1) is 0 Å². The number of nitrogens with one attached hydrogen (secondary N) is 2. The van der Waals surface area contributed by atoms with Crippen molar-refractivity contribution < 1.29 is 33.4 Å². The minimum atomic E-state index is -0.713. The Labute approximate surface area is 161 Å². The highest BCUT2D eigenvalue weighted by Gasteiger charge is 2.40. The Hall–Kier alpha value is -3.43. The number of hydrogen-bond donors (Lipinski definition) is 2. The van der Waals surface area contributed by atoms with Crippen LogP contribution in [-0.4, -0.2) is 61.5 Å². The number of hydrogen-bond acceptors (Lipinski definition) is 7.